The van der Waals surface area contributed by atoms with Crippen molar-refractivity contribution in [1.82, 2.24) is 0 Å². The molecule has 22 heavy (non-hydrogen) atoms. The molecule has 0 saturated carbocycles. The van der Waals surface area contributed by atoms with Crippen molar-refractivity contribution in [3.8, 4) is 11.5 Å². The molecule has 0 heterocycles. The van der Waals surface area contributed by atoms with Crippen molar-refractivity contribution in [2.45, 2.75) is 0 Å². The summed E-state index contributed by atoms with van der Waals surface area (Å²) in [6.07, 6.45) is 3.35. The van der Waals surface area contributed by atoms with Gasteiger partial charge in [0, 0.05) is 11.1 Å². The number of rotatable bonds is 8. The first kappa shape index (κ1) is 15.6. The number of hydrogen-bond donors (Lipinski definition) is 0. The molecule has 0 fully saturated rings. The van der Waals surface area contributed by atoms with Crippen LogP contribution < -0.4 is 9.47 Å². The number of ketones is 1. The molecule has 2 rings (SSSR count). The smallest absolute Gasteiger partial charge is 0.193 e. The Bertz CT molecular complexity index is 582. The van der Waals surface area contributed by atoms with Crippen LogP contribution in [0.1, 0.15) is 15.9 Å². The molecule has 0 unspecified atom stereocenters. The summed E-state index contributed by atoms with van der Waals surface area (Å²) in [7, 11) is 0. The van der Waals surface area contributed by atoms with E-state index in [4.69, 9.17) is 9.47 Å². The standard InChI is InChI=1S/C19H18O3/c1-3-13-21-17-9-5-15(6-10-17)19(20)16-7-11-18(12-8-16)22-14-4-2/h3-12H,1-2,13-14H2. The van der Waals surface area contributed by atoms with Crippen molar-refractivity contribution in [2.24, 2.45) is 0 Å². The highest BCUT2D eigenvalue weighted by atomic mass is 16.5. The van der Waals surface area contributed by atoms with Crippen LogP contribution in [0.15, 0.2) is 73.8 Å². The number of benzene rings is 2. The van der Waals surface area contributed by atoms with Crippen LogP contribution in [0.4, 0.5) is 0 Å². The molecule has 2 aromatic carbocycles. The van der Waals surface area contributed by atoms with E-state index < -0.39 is 0 Å². The Balaban J connectivity index is 2.06. The van der Waals surface area contributed by atoms with Crippen LogP contribution in [0, 0.1) is 0 Å². The second kappa shape index (κ2) is 7.84. The van der Waals surface area contributed by atoms with Crippen LogP contribution in [-0.2, 0) is 0 Å². The fraction of sp³-hybridized carbons (Fsp3) is 0.105. The largest absolute Gasteiger partial charge is 0.490 e. The van der Waals surface area contributed by atoms with Crippen molar-refractivity contribution >= 4 is 5.78 Å². The van der Waals surface area contributed by atoms with E-state index in [0.29, 0.717) is 35.8 Å². The van der Waals surface area contributed by atoms with Gasteiger partial charge >= 0.3 is 0 Å². The maximum Gasteiger partial charge on any atom is 0.193 e. The van der Waals surface area contributed by atoms with E-state index in [9.17, 15) is 4.79 Å². The Labute approximate surface area is 130 Å². The monoisotopic (exact) mass is 294 g/mol. The third kappa shape index (κ3) is 4.09. The van der Waals surface area contributed by atoms with Crippen LogP contribution in [0.3, 0.4) is 0 Å². The van der Waals surface area contributed by atoms with Gasteiger partial charge in [0.2, 0.25) is 0 Å². The Kier molecular flexibility index (Phi) is 5.55. The summed E-state index contributed by atoms with van der Waals surface area (Å²) in [5, 5.41) is 0. The summed E-state index contributed by atoms with van der Waals surface area (Å²) in [6.45, 7) is 8.07. The SMILES string of the molecule is C=CCOc1ccc(C(=O)c2ccc(OCC=C)cc2)cc1. The van der Waals surface area contributed by atoms with Crippen LogP contribution in [0.25, 0.3) is 0 Å². The van der Waals surface area contributed by atoms with E-state index in [1.807, 2.05) is 0 Å². The van der Waals surface area contributed by atoms with Crippen LogP contribution >= 0.6 is 0 Å². The molecule has 0 radical (unpaired) electrons. The van der Waals surface area contributed by atoms with Gasteiger partial charge in [-0.1, -0.05) is 25.3 Å². The second-order valence-electron chi connectivity index (χ2n) is 4.58. The number of hydrogen-bond acceptors (Lipinski definition) is 3. The molecule has 0 aliphatic carbocycles. The van der Waals surface area contributed by atoms with Gasteiger partial charge in [-0.15, -0.1) is 0 Å². The van der Waals surface area contributed by atoms with Crippen molar-refractivity contribution in [2.75, 3.05) is 13.2 Å². The average Bonchev–Trinajstić information content (AvgIpc) is 2.58. The van der Waals surface area contributed by atoms with Gasteiger partial charge in [-0.2, -0.15) is 0 Å². The molecule has 0 aromatic heterocycles. The summed E-state index contributed by atoms with van der Waals surface area (Å²) in [4.78, 5) is 12.4. The maximum absolute atomic E-state index is 12.4. The summed E-state index contributed by atoms with van der Waals surface area (Å²) in [5.41, 5.74) is 1.23. The van der Waals surface area contributed by atoms with E-state index in [1.165, 1.54) is 0 Å². The van der Waals surface area contributed by atoms with Gasteiger partial charge in [0.25, 0.3) is 0 Å². The van der Waals surface area contributed by atoms with Gasteiger partial charge in [0.05, 0.1) is 0 Å². The van der Waals surface area contributed by atoms with Gasteiger partial charge in [-0.3, -0.25) is 4.79 Å². The minimum atomic E-state index is -0.0365. The van der Waals surface area contributed by atoms with Gasteiger partial charge in [0.15, 0.2) is 5.78 Å². The Morgan fingerprint density at radius 3 is 1.45 bits per heavy atom. The third-order valence-electron chi connectivity index (χ3n) is 2.97. The lowest BCUT2D eigenvalue weighted by molar-refractivity contribution is 0.103. The first-order chi connectivity index (χ1) is 10.7. The van der Waals surface area contributed by atoms with E-state index in [1.54, 1.807) is 60.7 Å². The van der Waals surface area contributed by atoms with Crippen molar-refractivity contribution in [1.29, 1.82) is 0 Å². The van der Waals surface area contributed by atoms with Gasteiger partial charge in [-0.05, 0) is 48.5 Å². The second-order valence-corrected chi connectivity index (χ2v) is 4.58. The minimum absolute atomic E-state index is 0.0365. The van der Waals surface area contributed by atoms with Crippen LogP contribution in [0.5, 0.6) is 11.5 Å². The Morgan fingerprint density at radius 2 is 1.14 bits per heavy atom. The van der Waals surface area contributed by atoms with Gasteiger partial charge < -0.3 is 9.47 Å². The average molecular weight is 294 g/mol. The molecule has 3 heteroatoms. The van der Waals surface area contributed by atoms with Crippen LogP contribution in [-0.4, -0.2) is 19.0 Å². The van der Waals surface area contributed by atoms with E-state index in [2.05, 4.69) is 13.2 Å². The predicted octanol–water partition coefficient (Wildman–Crippen LogP) is 4.05. The number of ether oxygens (including phenoxy) is 2. The maximum atomic E-state index is 12.4. The van der Waals surface area contributed by atoms with E-state index in [0.717, 1.165) is 0 Å². The number of carbonyl (C=O) groups excluding carboxylic acids is 1. The Morgan fingerprint density at radius 1 is 0.773 bits per heavy atom. The summed E-state index contributed by atoms with van der Waals surface area (Å²) in [6, 6.07) is 14.1. The zero-order chi connectivity index (χ0) is 15.8. The Hall–Kier alpha value is -2.81. The molecule has 0 aliphatic rings. The first-order valence-electron chi connectivity index (χ1n) is 6.97. The highest BCUT2D eigenvalue weighted by molar-refractivity contribution is 6.09. The zero-order valence-electron chi connectivity index (χ0n) is 12.3. The molecular weight excluding hydrogens is 276 g/mol. The minimum Gasteiger partial charge on any atom is -0.490 e. The quantitative estimate of drug-likeness (QED) is 0.544. The number of carbonyl (C=O) groups is 1. The van der Waals surface area contributed by atoms with Crippen molar-refractivity contribution in [3.05, 3.63) is 85.0 Å². The predicted molar refractivity (Wildman–Crippen MR) is 87.7 cm³/mol. The van der Waals surface area contributed by atoms with E-state index >= 15 is 0 Å². The third-order valence-corrected chi connectivity index (χ3v) is 2.97. The molecule has 0 saturated heterocycles. The molecule has 0 amide bonds. The molecule has 112 valence electrons. The van der Waals surface area contributed by atoms with Gasteiger partial charge in [-0.25, -0.2) is 0 Å². The highest BCUT2D eigenvalue weighted by Crippen LogP contribution is 2.18. The van der Waals surface area contributed by atoms with Gasteiger partial charge in [0.1, 0.15) is 24.7 Å². The molecule has 0 atom stereocenters. The van der Waals surface area contributed by atoms with Crippen LogP contribution in [0.2, 0.25) is 0 Å². The molecule has 0 aliphatic heterocycles. The normalized spacial score (nSPS) is 9.82. The van der Waals surface area contributed by atoms with Crippen molar-refractivity contribution in [3.63, 3.8) is 0 Å². The summed E-state index contributed by atoms with van der Waals surface area (Å²) in [5.74, 6) is 1.39. The first-order valence-corrected chi connectivity index (χ1v) is 6.97. The molecule has 0 bridgehead atoms. The lowest BCUT2D eigenvalue weighted by Crippen LogP contribution is -2.02. The topological polar surface area (TPSA) is 35.5 Å². The molecule has 3 nitrogen and oxygen atoms in total. The van der Waals surface area contributed by atoms with E-state index in [-0.39, 0.29) is 5.78 Å². The molecule has 0 spiro atoms. The summed E-state index contributed by atoms with van der Waals surface area (Å²) < 4.78 is 10.8. The fourth-order valence-electron chi connectivity index (χ4n) is 1.88. The fourth-order valence-corrected chi connectivity index (χ4v) is 1.88. The summed E-state index contributed by atoms with van der Waals surface area (Å²) >= 11 is 0. The molecular formula is C19H18O3. The molecule has 0 N–H and O–H groups in total. The lowest BCUT2D eigenvalue weighted by Gasteiger charge is -2.06. The van der Waals surface area contributed by atoms with Crippen molar-refractivity contribution < 1.29 is 14.3 Å². The molecule has 2 aromatic rings. The highest BCUT2D eigenvalue weighted by Gasteiger charge is 2.09. The zero-order valence-corrected chi connectivity index (χ0v) is 12.3. The lowest BCUT2D eigenvalue weighted by atomic mass is 10.0.